The molecule has 0 saturated heterocycles. The summed E-state index contributed by atoms with van der Waals surface area (Å²) < 4.78 is 40.4. The summed E-state index contributed by atoms with van der Waals surface area (Å²) in [7, 11) is -7.01. The van der Waals surface area contributed by atoms with Gasteiger partial charge in [-0.1, -0.05) is 78.9 Å². The lowest BCUT2D eigenvalue weighted by Gasteiger charge is -2.22. The first-order valence-electron chi connectivity index (χ1n) is 10.1. The van der Waals surface area contributed by atoms with Gasteiger partial charge in [0.2, 0.25) is 0 Å². The Morgan fingerprint density at radius 1 is 0.781 bits per heavy atom. The molecule has 0 aliphatic heterocycles. The summed E-state index contributed by atoms with van der Waals surface area (Å²) >= 11 is 0. The van der Waals surface area contributed by atoms with Gasteiger partial charge in [-0.2, -0.15) is 0 Å². The van der Waals surface area contributed by atoms with Gasteiger partial charge in [-0.3, -0.25) is 4.98 Å². The highest BCUT2D eigenvalue weighted by Gasteiger charge is 2.34. The average Bonchev–Trinajstić information content (AvgIpc) is 2.84. The third kappa shape index (κ3) is 4.22. The van der Waals surface area contributed by atoms with Crippen molar-refractivity contribution in [3.05, 3.63) is 120 Å². The molecule has 6 heteroatoms. The molecule has 0 aliphatic carbocycles. The summed E-state index contributed by atoms with van der Waals surface area (Å²) in [4.78, 5) is 4.70. The van der Waals surface area contributed by atoms with Gasteiger partial charge in [-0.25, -0.2) is 8.42 Å². The number of hydrogen-bond donors (Lipinski definition) is 0. The van der Waals surface area contributed by atoms with Gasteiger partial charge in [0.1, 0.15) is 5.44 Å². The van der Waals surface area contributed by atoms with E-state index in [1.54, 1.807) is 54.7 Å². The molecule has 0 aliphatic rings. The van der Waals surface area contributed by atoms with Gasteiger partial charge in [0.05, 0.1) is 4.90 Å². The second kappa shape index (κ2) is 9.07. The molecule has 0 spiro atoms. The highest BCUT2D eigenvalue weighted by atomic mass is 32.2. The lowest BCUT2D eigenvalue weighted by molar-refractivity contribution is 0.591. The van der Waals surface area contributed by atoms with Crippen LogP contribution < -0.4 is 16.0 Å². The van der Waals surface area contributed by atoms with Crippen molar-refractivity contribution in [1.29, 1.82) is 0 Å². The monoisotopic (exact) mass is 459 g/mol. The molecule has 1 unspecified atom stereocenters. The van der Waals surface area contributed by atoms with Gasteiger partial charge >= 0.3 is 0 Å². The molecule has 1 aromatic heterocycles. The van der Waals surface area contributed by atoms with Crippen molar-refractivity contribution < 1.29 is 13.0 Å². The van der Waals surface area contributed by atoms with Crippen LogP contribution in [0.5, 0.6) is 0 Å². The van der Waals surface area contributed by atoms with E-state index in [-0.39, 0.29) is 4.90 Å². The van der Waals surface area contributed by atoms with Crippen molar-refractivity contribution in [2.75, 3.05) is 0 Å². The minimum atomic E-state index is -3.64. The topological polar surface area (TPSA) is 64.1 Å². The van der Waals surface area contributed by atoms with Crippen molar-refractivity contribution in [2.24, 2.45) is 0 Å². The third-order valence-electron chi connectivity index (χ3n) is 5.17. The molecule has 4 aromatic rings. The summed E-state index contributed by atoms with van der Waals surface area (Å²) in [6.07, 6.45) is 3.15. The lowest BCUT2D eigenvalue weighted by atomic mass is 10.2. The zero-order valence-electron chi connectivity index (χ0n) is 17.5. The minimum Gasteiger partial charge on any atom is -0.307 e. The fourth-order valence-electron chi connectivity index (χ4n) is 3.59. The Labute approximate surface area is 188 Å². The van der Waals surface area contributed by atoms with Crippen LogP contribution in [0.4, 0.5) is 0 Å². The minimum absolute atomic E-state index is 0.209. The number of pyridine rings is 1. The van der Waals surface area contributed by atoms with E-state index in [4.69, 9.17) is 0 Å². The largest absolute Gasteiger partial charge is 0.307 e. The van der Waals surface area contributed by atoms with Gasteiger partial charge in [0.25, 0.3) is 0 Å². The van der Waals surface area contributed by atoms with Gasteiger partial charge in [-0.05, 0) is 42.3 Å². The van der Waals surface area contributed by atoms with Crippen LogP contribution in [0.1, 0.15) is 11.1 Å². The van der Waals surface area contributed by atoms with E-state index < -0.39 is 17.0 Å². The van der Waals surface area contributed by atoms with Gasteiger partial charge in [0, 0.05) is 22.2 Å². The molecule has 1 atom stereocenters. The Bertz CT molecular complexity index is 1420. The van der Waals surface area contributed by atoms with E-state index in [9.17, 15) is 13.0 Å². The standard InChI is InChI=1S/C26H22NO3PS/c1-21-11-10-19-27-26(21)31(28,23-13-4-2-5-14-23)25-17-9-8-12-22(25)18-20-32(29,30)24-15-6-3-7-16-24/h2-20H,1H3/b20-18+. The molecule has 0 radical (unpaired) electrons. The number of rotatable bonds is 6. The normalized spacial score (nSPS) is 13.7. The predicted octanol–water partition coefficient (Wildman–Crippen LogP) is 4.47. The quantitative estimate of drug-likeness (QED) is 0.399. The highest BCUT2D eigenvalue weighted by Crippen LogP contribution is 2.43. The summed E-state index contributed by atoms with van der Waals surface area (Å²) in [6.45, 7) is 1.89. The van der Waals surface area contributed by atoms with E-state index in [1.807, 2.05) is 55.5 Å². The molecule has 160 valence electrons. The maximum Gasteiger partial charge on any atom is 0.199 e. The summed E-state index contributed by atoms with van der Waals surface area (Å²) in [5, 5.41) is 2.36. The molecule has 32 heavy (non-hydrogen) atoms. The summed E-state index contributed by atoms with van der Waals surface area (Å²) in [5.74, 6) is 0. The van der Waals surface area contributed by atoms with Crippen LogP contribution in [-0.2, 0) is 14.4 Å². The zero-order chi connectivity index (χ0) is 22.6. The van der Waals surface area contributed by atoms with Gasteiger partial charge < -0.3 is 4.57 Å². The molecular formula is C26H22NO3PS. The Morgan fingerprint density at radius 3 is 2.09 bits per heavy atom. The molecule has 0 fully saturated rings. The fourth-order valence-corrected chi connectivity index (χ4v) is 7.56. The number of benzene rings is 3. The Hall–Kier alpha value is -3.27. The first-order chi connectivity index (χ1) is 15.4. The van der Waals surface area contributed by atoms with Crippen LogP contribution in [0.3, 0.4) is 0 Å². The van der Waals surface area contributed by atoms with Crippen molar-refractivity contribution in [2.45, 2.75) is 11.8 Å². The van der Waals surface area contributed by atoms with Crippen LogP contribution in [-0.4, -0.2) is 13.4 Å². The van der Waals surface area contributed by atoms with Crippen LogP contribution in [0, 0.1) is 6.92 Å². The fraction of sp³-hybridized carbons (Fsp3) is 0.0385. The molecule has 0 bridgehead atoms. The molecule has 4 nitrogen and oxygen atoms in total. The number of aryl methyl sites for hydroxylation is 1. The average molecular weight is 460 g/mol. The summed E-state index contributed by atoms with van der Waals surface area (Å²) in [5.41, 5.74) is 1.89. The van der Waals surface area contributed by atoms with Gasteiger partial charge in [-0.15, -0.1) is 0 Å². The molecule has 3 aromatic carbocycles. The maximum absolute atomic E-state index is 14.8. The van der Waals surface area contributed by atoms with E-state index in [0.29, 0.717) is 21.6 Å². The van der Waals surface area contributed by atoms with Crippen LogP contribution >= 0.6 is 7.14 Å². The molecule has 4 rings (SSSR count). The maximum atomic E-state index is 14.8. The van der Waals surface area contributed by atoms with Crippen molar-refractivity contribution in [1.82, 2.24) is 4.98 Å². The Morgan fingerprint density at radius 2 is 1.41 bits per heavy atom. The number of nitrogens with zero attached hydrogens (tertiary/aromatic N) is 1. The van der Waals surface area contributed by atoms with Crippen LogP contribution in [0.25, 0.3) is 6.08 Å². The summed E-state index contributed by atoms with van der Waals surface area (Å²) in [6, 6.07) is 28.3. The first-order valence-corrected chi connectivity index (χ1v) is 13.3. The second-order valence-corrected chi connectivity index (χ2v) is 11.8. The molecule has 0 N–H and O–H groups in total. The van der Waals surface area contributed by atoms with Crippen molar-refractivity contribution in [3.8, 4) is 0 Å². The van der Waals surface area contributed by atoms with Crippen molar-refractivity contribution >= 4 is 39.1 Å². The molecule has 0 amide bonds. The van der Waals surface area contributed by atoms with Crippen LogP contribution in [0.2, 0.25) is 0 Å². The Kier molecular flexibility index (Phi) is 6.22. The molecule has 1 heterocycles. The lowest BCUT2D eigenvalue weighted by Crippen LogP contribution is -2.29. The van der Waals surface area contributed by atoms with E-state index in [2.05, 4.69) is 4.98 Å². The molecule has 0 saturated carbocycles. The van der Waals surface area contributed by atoms with Crippen molar-refractivity contribution in [3.63, 3.8) is 0 Å². The smallest absolute Gasteiger partial charge is 0.199 e. The van der Waals surface area contributed by atoms with E-state index >= 15 is 0 Å². The molecular weight excluding hydrogens is 437 g/mol. The SMILES string of the molecule is Cc1cccnc1P(=O)(c1ccccc1)c1ccccc1/C=C/S(=O)(=O)c1ccccc1. The zero-order valence-corrected chi connectivity index (χ0v) is 19.2. The first kappa shape index (κ1) is 21.9. The van der Waals surface area contributed by atoms with Gasteiger partial charge in [0.15, 0.2) is 17.0 Å². The van der Waals surface area contributed by atoms with Crippen LogP contribution in [0.15, 0.2) is 114 Å². The van der Waals surface area contributed by atoms with E-state index in [1.165, 1.54) is 11.5 Å². The number of sulfone groups is 1. The van der Waals surface area contributed by atoms with E-state index in [0.717, 1.165) is 5.56 Å². The number of aromatic nitrogens is 1. The highest BCUT2D eigenvalue weighted by molar-refractivity contribution is 7.94. The predicted molar refractivity (Wildman–Crippen MR) is 131 cm³/mol. The second-order valence-electron chi connectivity index (χ2n) is 7.31. The number of hydrogen-bond acceptors (Lipinski definition) is 4. The Balaban J connectivity index is 1.91. The third-order valence-corrected chi connectivity index (χ3v) is 9.77.